The molecule has 0 aliphatic rings. The van der Waals surface area contributed by atoms with E-state index in [9.17, 15) is 9.90 Å². The van der Waals surface area contributed by atoms with E-state index in [2.05, 4.69) is 167 Å². The number of allylic oxidation sites excluding steroid dienone is 2. The minimum absolute atomic E-state index is 0. The van der Waals surface area contributed by atoms with Crippen LogP contribution in [0.25, 0.3) is 120 Å². The second-order valence-electron chi connectivity index (χ2n) is 18.3. The second kappa shape index (κ2) is 18.1. The van der Waals surface area contributed by atoms with Crippen molar-refractivity contribution in [3.63, 3.8) is 0 Å². The monoisotopic (exact) mass is 1090 g/mol. The molecule has 0 amide bonds. The number of fused-ring (bicyclic) bond motifs is 14. The van der Waals surface area contributed by atoms with Crippen molar-refractivity contribution in [1.29, 1.82) is 0 Å². The van der Waals surface area contributed by atoms with Gasteiger partial charge in [-0.05, 0) is 105 Å². The zero-order valence-electron chi connectivity index (χ0n) is 39.5. The summed E-state index contributed by atoms with van der Waals surface area (Å²) >= 11 is 0. The average molecular weight is 1090 g/mol. The molecule has 6 aromatic heterocycles. The molecule has 70 heavy (non-hydrogen) atoms. The van der Waals surface area contributed by atoms with Crippen molar-refractivity contribution in [1.82, 2.24) is 18.8 Å². The Kier molecular flexibility index (Phi) is 11.7. The van der Waals surface area contributed by atoms with Gasteiger partial charge in [-0.1, -0.05) is 157 Å². The normalized spacial score (nSPS) is 12.3. The van der Waals surface area contributed by atoms with Gasteiger partial charge in [0.2, 0.25) is 0 Å². The van der Waals surface area contributed by atoms with Gasteiger partial charge in [0.15, 0.2) is 5.78 Å². The van der Waals surface area contributed by atoms with E-state index in [0.717, 1.165) is 58.3 Å². The van der Waals surface area contributed by atoms with Gasteiger partial charge in [0, 0.05) is 83.5 Å². The van der Waals surface area contributed by atoms with Gasteiger partial charge in [-0.3, -0.25) is 14.8 Å². The summed E-state index contributed by atoms with van der Waals surface area (Å²) in [5.41, 5.74) is 9.39. The van der Waals surface area contributed by atoms with Gasteiger partial charge in [-0.25, -0.2) is 0 Å². The molecule has 6 nitrogen and oxygen atoms in total. The van der Waals surface area contributed by atoms with E-state index in [1.165, 1.54) is 93.0 Å². The molecule has 14 aromatic rings. The van der Waals surface area contributed by atoms with Crippen LogP contribution >= 0.6 is 0 Å². The second-order valence-corrected chi connectivity index (χ2v) is 18.3. The maximum atomic E-state index is 11.7. The van der Waals surface area contributed by atoms with Crippen LogP contribution in [-0.4, -0.2) is 29.7 Å². The standard InChI is InChI=1S/2C25H13N2.C13H24O2.Ir/c2*1-2-8-17-16(6-1)14-19-24-22-15(12-13-26-24)7-5-11-21(22)27-20-10-4-3-9-18(20)23(17)25(19)27;1-5-10(6-2)12(14)9-13(15)11(7-3)8-4;/h2*1-13H;9-11,14H,5-8H2,1-4H3;/q2*-1;;/b;;12-9-;. The number of benzene rings is 8. The smallest absolute Gasteiger partial charge is 0.162 e. The summed E-state index contributed by atoms with van der Waals surface area (Å²) in [6, 6.07) is 59.1. The number of aliphatic hydroxyl groups excluding tert-OH is 1. The quantitative estimate of drug-likeness (QED) is 0.0567. The van der Waals surface area contributed by atoms with Crippen LogP contribution in [0.2, 0.25) is 0 Å². The number of hydrogen-bond donors (Lipinski definition) is 1. The van der Waals surface area contributed by atoms with E-state index in [1.54, 1.807) is 0 Å². The fraction of sp³-hybridized carbons (Fsp3) is 0.159. The summed E-state index contributed by atoms with van der Waals surface area (Å²) in [6.45, 7) is 8.07. The molecule has 0 aliphatic carbocycles. The van der Waals surface area contributed by atoms with Crippen molar-refractivity contribution in [3.05, 3.63) is 182 Å². The van der Waals surface area contributed by atoms with Crippen LogP contribution in [0.1, 0.15) is 53.4 Å². The molecular weight excluding hydrogens is 1040 g/mol. The minimum Gasteiger partial charge on any atom is -0.512 e. The molecule has 0 spiro atoms. The number of hydrogen-bond acceptors (Lipinski definition) is 4. The summed E-state index contributed by atoms with van der Waals surface area (Å²) < 4.78 is 4.81. The molecule has 6 heterocycles. The molecule has 0 atom stereocenters. The predicted molar refractivity (Wildman–Crippen MR) is 289 cm³/mol. The SMILES string of the molecule is CCC(CC)C(=O)/C=C(\O)C(CC)CC.[Ir].[c-]1c2ccccc2c2c3ccccc3n3c4cccc5ccnc(c1c23)c54.[c-]1c2ccccc2c2c3ccccc3n3c4cccc5ccnc(c1c23)c54. The van der Waals surface area contributed by atoms with Crippen molar-refractivity contribution in [3.8, 4) is 0 Å². The van der Waals surface area contributed by atoms with Gasteiger partial charge in [0.1, 0.15) is 0 Å². The van der Waals surface area contributed by atoms with Crippen molar-refractivity contribution >= 4 is 125 Å². The van der Waals surface area contributed by atoms with E-state index in [4.69, 9.17) is 9.97 Å². The van der Waals surface area contributed by atoms with Crippen molar-refractivity contribution in [2.75, 3.05) is 0 Å². The van der Waals surface area contributed by atoms with Crippen molar-refractivity contribution in [2.45, 2.75) is 53.4 Å². The number of ketones is 1. The Labute approximate surface area is 418 Å². The Balaban J connectivity index is 0.000000119. The first-order valence-corrected chi connectivity index (χ1v) is 24.4. The average Bonchev–Trinajstić information content (AvgIpc) is 3.93. The fourth-order valence-corrected chi connectivity index (χ4v) is 11.3. The number of rotatable bonds is 7. The van der Waals surface area contributed by atoms with Gasteiger partial charge in [0.25, 0.3) is 0 Å². The Bertz CT molecular complexity index is 4050. The molecule has 1 N–H and O–H groups in total. The molecule has 14 rings (SSSR count). The molecule has 0 fully saturated rings. The topological polar surface area (TPSA) is 71.9 Å². The molecular formula is C63H50IrN4O2-2. The third kappa shape index (κ3) is 6.89. The summed E-state index contributed by atoms with van der Waals surface area (Å²) in [4.78, 5) is 21.3. The Morgan fingerprint density at radius 3 is 1.34 bits per heavy atom. The summed E-state index contributed by atoms with van der Waals surface area (Å²) in [5.74, 6) is 0.547. The molecule has 7 heteroatoms. The zero-order chi connectivity index (χ0) is 46.9. The number of aliphatic hydroxyl groups is 1. The maximum Gasteiger partial charge on any atom is 0.162 e. The fourth-order valence-electron chi connectivity index (χ4n) is 11.3. The zero-order valence-corrected chi connectivity index (χ0v) is 41.9. The summed E-state index contributed by atoms with van der Waals surface area (Å²) in [6.07, 6.45) is 8.73. The molecule has 0 saturated heterocycles. The van der Waals surface area contributed by atoms with Gasteiger partial charge >= 0.3 is 0 Å². The van der Waals surface area contributed by atoms with Gasteiger partial charge in [-0.15, -0.1) is 35.0 Å². The molecule has 0 bridgehead atoms. The number of nitrogens with zero attached hydrogens (tertiary/aromatic N) is 4. The van der Waals surface area contributed by atoms with Crippen LogP contribution in [0.4, 0.5) is 0 Å². The number of pyridine rings is 4. The summed E-state index contributed by atoms with van der Waals surface area (Å²) in [7, 11) is 0. The molecule has 1 radical (unpaired) electrons. The molecule has 8 aromatic carbocycles. The Morgan fingerprint density at radius 1 is 0.500 bits per heavy atom. The van der Waals surface area contributed by atoms with Crippen LogP contribution in [0, 0.1) is 24.0 Å². The van der Waals surface area contributed by atoms with Crippen molar-refractivity contribution in [2.24, 2.45) is 11.8 Å². The number of carbonyl (C=O) groups excluding carboxylic acids is 1. The van der Waals surface area contributed by atoms with Crippen LogP contribution in [0.5, 0.6) is 0 Å². The molecule has 345 valence electrons. The number of para-hydroxylation sites is 2. The van der Waals surface area contributed by atoms with E-state index in [0.29, 0.717) is 0 Å². The first-order valence-electron chi connectivity index (χ1n) is 24.4. The third-order valence-corrected chi connectivity index (χ3v) is 14.7. The minimum atomic E-state index is 0. The van der Waals surface area contributed by atoms with E-state index in [-0.39, 0.29) is 43.5 Å². The first kappa shape index (κ1) is 45.0. The number of aromatic nitrogens is 4. The van der Waals surface area contributed by atoms with E-state index >= 15 is 0 Å². The summed E-state index contributed by atoms with van der Waals surface area (Å²) in [5, 5.41) is 26.7. The predicted octanol–water partition coefficient (Wildman–Crippen LogP) is 16.5. The number of carbonyl (C=O) groups is 1. The van der Waals surface area contributed by atoms with E-state index in [1.807, 2.05) is 40.1 Å². The van der Waals surface area contributed by atoms with Gasteiger partial charge in [0.05, 0.1) is 5.76 Å². The van der Waals surface area contributed by atoms with Crippen LogP contribution in [0.15, 0.2) is 170 Å². The maximum absolute atomic E-state index is 11.7. The van der Waals surface area contributed by atoms with Crippen LogP contribution in [0.3, 0.4) is 0 Å². The van der Waals surface area contributed by atoms with Crippen LogP contribution < -0.4 is 0 Å². The van der Waals surface area contributed by atoms with Crippen LogP contribution in [-0.2, 0) is 24.9 Å². The van der Waals surface area contributed by atoms with Gasteiger partial charge < -0.3 is 13.9 Å². The Hall–Kier alpha value is -7.44. The molecule has 0 aliphatic heterocycles. The van der Waals surface area contributed by atoms with E-state index < -0.39 is 0 Å². The largest absolute Gasteiger partial charge is 0.512 e. The third-order valence-electron chi connectivity index (χ3n) is 14.7. The van der Waals surface area contributed by atoms with Gasteiger partial charge in [-0.2, -0.15) is 0 Å². The molecule has 0 saturated carbocycles. The first-order chi connectivity index (χ1) is 33.9. The van der Waals surface area contributed by atoms with Crippen molar-refractivity contribution < 1.29 is 30.0 Å². The Morgan fingerprint density at radius 2 is 0.900 bits per heavy atom. The molecule has 0 unspecified atom stereocenters.